The van der Waals surface area contributed by atoms with Crippen molar-refractivity contribution in [2.24, 2.45) is 0 Å². The molecule has 0 saturated heterocycles. The highest BCUT2D eigenvalue weighted by Gasteiger charge is 2.15. The molecule has 9 heteroatoms. The lowest BCUT2D eigenvalue weighted by Gasteiger charge is -2.12. The molecule has 9 nitrogen and oxygen atoms in total. The molecule has 0 amide bonds. The first kappa shape index (κ1) is 19.2. The Bertz CT molecular complexity index is 1010. The molecule has 3 aromatic rings. The van der Waals surface area contributed by atoms with Gasteiger partial charge in [0.05, 0.1) is 57.7 Å². The van der Waals surface area contributed by atoms with Crippen LogP contribution in [0.1, 0.15) is 5.69 Å². The number of benzene rings is 1. The lowest BCUT2D eigenvalue weighted by Crippen LogP contribution is -2.07. The smallest absolute Gasteiger partial charge is 0.311 e. The maximum atomic E-state index is 11.5. The van der Waals surface area contributed by atoms with Gasteiger partial charge in [0, 0.05) is 12.1 Å². The van der Waals surface area contributed by atoms with E-state index >= 15 is 0 Å². The minimum Gasteiger partial charge on any atom is -0.495 e. The average Bonchev–Trinajstić information content (AvgIpc) is 2.73. The number of hydrogen-bond donors (Lipinski definition) is 0. The summed E-state index contributed by atoms with van der Waals surface area (Å²) in [5, 5.41) is 0.637. The minimum atomic E-state index is -0.415. The number of carbonyl (C=O) groups is 1. The molecule has 0 aliphatic heterocycles. The quantitative estimate of drug-likeness (QED) is 0.568. The molecule has 146 valence electrons. The van der Waals surface area contributed by atoms with E-state index in [2.05, 4.69) is 19.7 Å². The van der Waals surface area contributed by atoms with Crippen molar-refractivity contribution in [3.05, 3.63) is 36.4 Å². The largest absolute Gasteiger partial charge is 0.495 e. The number of aromatic nitrogens is 3. The standard InChI is InChI=1S/C19H19N3O6/c1-24-15-5-11(9-20-14(15)8-18(23)27-4)28-19-12-6-16(25-2)17(26-3)7-13(12)21-10-22-19/h5-7,9-10H,8H2,1-4H3. The molecule has 0 aliphatic rings. The van der Waals surface area contributed by atoms with Crippen molar-refractivity contribution >= 4 is 16.9 Å². The number of ether oxygens (including phenoxy) is 5. The van der Waals surface area contributed by atoms with Gasteiger partial charge >= 0.3 is 5.97 Å². The number of carbonyl (C=O) groups excluding carboxylic acids is 1. The van der Waals surface area contributed by atoms with Crippen molar-refractivity contribution in [2.45, 2.75) is 6.42 Å². The third-order valence-corrected chi connectivity index (χ3v) is 3.98. The molecular formula is C19H19N3O6. The highest BCUT2D eigenvalue weighted by Crippen LogP contribution is 2.36. The second-order valence-corrected chi connectivity index (χ2v) is 5.58. The van der Waals surface area contributed by atoms with Crippen LogP contribution in [0.15, 0.2) is 30.7 Å². The Labute approximate surface area is 161 Å². The van der Waals surface area contributed by atoms with Crippen LogP contribution in [0.4, 0.5) is 0 Å². The van der Waals surface area contributed by atoms with Crippen LogP contribution in [0.5, 0.6) is 28.9 Å². The molecule has 1 aromatic carbocycles. The molecule has 2 heterocycles. The fourth-order valence-electron chi connectivity index (χ4n) is 2.58. The monoisotopic (exact) mass is 385 g/mol. The molecule has 28 heavy (non-hydrogen) atoms. The fourth-order valence-corrected chi connectivity index (χ4v) is 2.58. The summed E-state index contributed by atoms with van der Waals surface area (Å²) in [6.07, 6.45) is 2.86. The minimum absolute atomic E-state index is 0.00656. The Morgan fingerprint density at radius 1 is 0.893 bits per heavy atom. The van der Waals surface area contributed by atoms with Crippen LogP contribution < -0.4 is 18.9 Å². The Balaban J connectivity index is 1.97. The summed E-state index contributed by atoms with van der Waals surface area (Å²) in [7, 11) is 5.90. The molecule has 0 N–H and O–H groups in total. The number of hydrogen-bond acceptors (Lipinski definition) is 9. The van der Waals surface area contributed by atoms with Crippen molar-refractivity contribution in [2.75, 3.05) is 28.4 Å². The van der Waals surface area contributed by atoms with Crippen LogP contribution in [0.3, 0.4) is 0 Å². The van der Waals surface area contributed by atoms with Gasteiger partial charge in [-0.15, -0.1) is 0 Å². The molecular weight excluding hydrogens is 366 g/mol. The summed E-state index contributed by atoms with van der Waals surface area (Å²) >= 11 is 0. The molecule has 0 spiro atoms. The summed E-state index contributed by atoms with van der Waals surface area (Å²) in [5.74, 6) is 1.77. The summed E-state index contributed by atoms with van der Waals surface area (Å²) in [4.78, 5) is 24.2. The van der Waals surface area contributed by atoms with Crippen molar-refractivity contribution in [1.82, 2.24) is 15.0 Å². The van der Waals surface area contributed by atoms with Gasteiger partial charge in [0.1, 0.15) is 12.1 Å². The van der Waals surface area contributed by atoms with Gasteiger partial charge in [-0.25, -0.2) is 9.97 Å². The number of nitrogens with zero attached hydrogens (tertiary/aromatic N) is 3. The first-order valence-electron chi connectivity index (χ1n) is 8.24. The van der Waals surface area contributed by atoms with E-state index in [0.29, 0.717) is 45.5 Å². The maximum absolute atomic E-state index is 11.5. The number of fused-ring (bicyclic) bond motifs is 1. The Kier molecular flexibility index (Phi) is 5.73. The molecule has 0 saturated carbocycles. The molecule has 0 radical (unpaired) electrons. The number of methoxy groups -OCH3 is 4. The van der Waals surface area contributed by atoms with E-state index in [4.69, 9.17) is 18.9 Å². The van der Waals surface area contributed by atoms with Gasteiger partial charge in [-0.2, -0.15) is 0 Å². The number of pyridine rings is 1. The van der Waals surface area contributed by atoms with Crippen LogP contribution in [0.2, 0.25) is 0 Å². The maximum Gasteiger partial charge on any atom is 0.311 e. The molecule has 0 fully saturated rings. The van der Waals surface area contributed by atoms with Crippen LogP contribution in [0.25, 0.3) is 10.9 Å². The molecule has 0 unspecified atom stereocenters. The van der Waals surface area contributed by atoms with Crippen LogP contribution >= 0.6 is 0 Å². The van der Waals surface area contributed by atoms with Gasteiger partial charge in [-0.1, -0.05) is 0 Å². The van der Waals surface area contributed by atoms with Gasteiger partial charge in [-0.05, 0) is 6.07 Å². The Hall–Kier alpha value is -3.62. The van der Waals surface area contributed by atoms with E-state index in [1.165, 1.54) is 26.7 Å². The van der Waals surface area contributed by atoms with Gasteiger partial charge in [0.2, 0.25) is 5.88 Å². The van der Waals surface area contributed by atoms with Crippen LogP contribution in [-0.2, 0) is 16.0 Å². The normalized spacial score (nSPS) is 10.4. The van der Waals surface area contributed by atoms with E-state index in [1.807, 2.05) is 0 Å². The number of esters is 1. The van der Waals surface area contributed by atoms with E-state index in [1.54, 1.807) is 32.4 Å². The zero-order chi connectivity index (χ0) is 20.1. The second-order valence-electron chi connectivity index (χ2n) is 5.58. The molecule has 0 bridgehead atoms. The SMILES string of the molecule is COC(=O)Cc1ncc(Oc2ncnc3cc(OC)c(OC)cc23)cc1OC. The lowest BCUT2D eigenvalue weighted by atomic mass is 10.2. The molecule has 0 atom stereocenters. The van der Waals surface area contributed by atoms with Crippen LogP contribution in [-0.4, -0.2) is 49.4 Å². The van der Waals surface area contributed by atoms with E-state index < -0.39 is 5.97 Å². The summed E-state index contributed by atoms with van der Waals surface area (Å²) in [6.45, 7) is 0. The van der Waals surface area contributed by atoms with Crippen LogP contribution in [0, 0.1) is 0 Å². The predicted molar refractivity (Wildman–Crippen MR) is 99.2 cm³/mol. The van der Waals surface area contributed by atoms with Crippen molar-refractivity contribution in [3.8, 4) is 28.9 Å². The first-order chi connectivity index (χ1) is 13.6. The molecule has 0 aliphatic carbocycles. The second kappa shape index (κ2) is 8.38. The summed E-state index contributed by atoms with van der Waals surface area (Å²) in [6, 6.07) is 5.10. The topological polar surface area (TPSA) is 102 Å². The van der Waals surface area contributed by atoms with Crippen molar-refractivity contribution in [1.29, 1.82) is 0 Å². The zero-order valence-electron chi connectivity index (χ0n) is 15.9. The van der Waals surface area contributed by atoms with E-state index in [9.17, 15) is 4.79 Å². The average molecular weight is 385 g/mol. The highest BCUT2D eigenvalue weighted by molar-refractivity contribution is 5.87. The number of rotatable bonds is 7. The van der Waals surface area contributed by atoms with E-state index in [-0.39, 0.29) is 6.42 Å². The third-order valence-electron chi connectivity index (χ3n) is 3.98. The lowest BCUT2D eigenvalue weighted by molar-refractivity contribution is -0.139. The van der Waals surface area contributed by atoms with Gasteiger partial charge < -0.3 is 23.7 Å². The van der Waals surface area contributed by atoms with Gasteiger partial charge in [0.25, 0.3) is 0 Å². The van der Waals surface area contributed by atoms with E-state index in [0.717, 1.165) is 0 Å². The van der Waals surface area contributed by atoms with Gasteiger partial charge in [0.15, 0.2) is 17.2 Å². The molecule has 2 aromatic heterocycles. The summed E-state index contributed by atoms with van der Waals surface area (Å²) in [5.41, 5.74) is 1.07. The van der Waals surface area contributed by atoms with Gasteiger partial charge in [-0.3, -0.25) is 9.78 Å². The Morgan fingerprint density at radius 2 is 1.61 bits per heavy atom. The zero-order valence-corrected chi connectivity index (χ0v) is 15.9. The molecule has 3 rings (SSSR count). The predicted octanol–water partition coefficient (Wildman–Crippen LogP) is 2.56. The van der Waals surface area contributed by atoms with Crippen molar-refractivity contribution < 1.29 is 28.5 Å². The fraction of sp³-hybridized carbons (Fsp3) is 0.263. The van der Waals surface area contributed by atoms with Crippen molar-refractivity contribution in [3.63, 3.8) is 0 Å². The third kappa shape index (κ3) is 3.88. The first-order valence-corrected chi connectivity index (χ1v) is 8.24. The Morgan fingerprint density at radius 3 is 2.29 bits per heavy atom. The highest BCUT2D eigenvalue weighted by atomic mass is 16.5. The summed E-state index contributed by atoms with van der Waals surface area (Å²) < 4.78 is 26.5.